The maximum absolute atomic E-state index is 9.24. The minimum absolute atomic E-state index is 0.0123. The second-order valence-corrected chi connectivity index (χ2v) is 6.59. The number of benzene rings is 1. The molecule has 1 aromatic carbocycles. The molecule has 0 atom stereocenters. The molecule has 0 bridgehead atoms. The van der Waals surface area contributed by atoms with Gasteiger partial charge in [-0.05, 0) is 48.6 Å². The van der Waals surface area contributed by atoms with Crippen LogP contribution in [0.2, 0.25) is 0 Å². The minimum Gasteiger partial charge on any atom is -0.396 e. The molecule has 1 aromatic rings. The smallest absolute Gasteiger partial charge is 0.0521 e. The van der Waals surface area contributed by atoms with Crippen molar-refractivity contribution < 1.29 is 10.2 Å². The minimum atomic E-state index is -0.135. The van der Waals surface area contributed by atoms with Gasteiger partial charge in [-0.25, -0.2) is 0 Å². The van der Waals surface area contributed by atoms with Crippen LogP contribution in [0.1, 0.15) is 74.8 Å². The van der Waals surface area contributed by atoms with Gasteiger partial charge in [-0.2, -0.15) is 0 Å². The van der Waals surface area contributed by atoms with E-state index >= 15 is 0 Å². The Bertz CT molecular complexity index is 387. The molecule has 0 amide bonds. The van der Waals surface area contributed by atoms with E-state index in [0.717, 1.165) is 11.5 Å². The number of rotatable bonds is 7. The fourth-order valence-corrected chi connectivity index (χ4v) is 3.59. The fourth-order valence-electron chi connectivity index (χ4n) is 3.59. The Morgan fingerprint density at radius 2 is 1.62 bits per heavy atom. The molecular formula is C19H30O2. The highest BCUT2D eigenvalue weighted by Crippen LogP contribution is 2.37. The van der Waals surface area contributed by atoms with E-state index in [4.69, 9.17) is 0 Å². The van der Waals surface area contributed by atoms with E-state index in [1.54, 1.807) is 0 Å². The molecule has 1 aliphatic carbocycles. The summed E-state index contributed by atoms with van der Waals surface area (Å²) in [6.07, 6.45) is 9.50. The number of unbranched alkanes of at least 4 members (excludes halogenated alkanes) is 1. The van der Waals surface area contributed by atoms with E-state index < -0.39 is 0 Å². The number of aliphatic hydroxyl groups is 2. The summed E-state index contributed by atoms with van der Waals surface area (Å²) >= 11 is 0. The highest BCUT2D eigenvalue weighted by Gasteiger charge is 2.22. The van der Waals surface area contributed by atoms with Crippen LogP contribution >= 0.6 is 0 Å². The normalized spacial score (nSPS) is 22.7. The molecule has 0 saturated heterocycles. The quantitative estimate of drug-likeness (QED) is 0.789. The van der Waals surface area contributed by atoms with Crippen LogP contribution in [0.3, 0.4) is 0 Å². The Kier molecular flexibility index (Phi) is 6.72. The zero-order valence-corrected chi connectivity index (χ0v) is 13.3. The molecule has 1 aliphatic rings. The first kappa shape index (κ1) is 16.5. The Morgan fingerprint density at radius 1 is 1.00 bits per heavy atom. The van der Waals surface area contributed by atoms with Gasteiger partial charge >= 0.3 is 0 Å². The molecule has 1 fully saturated rings. The number of hydrogen-bond donors (Lipinski definition) is 2. The molecule has 0 radical (unpaired) electrons. The highest BCUT2D eigenvalue weighted by molar-refractivity contribution is 5.28. The average molecular weight is 290 g/mol. The lowest BCUT2D eigenvalue weighted by Crippen LogP contribution is -2.14. The van der Waals surface area contributed by atoms with Gasteiger partial charge in [-0.3, -0.25) is 0 Å². The van der Waals surface area contributed by atoms with Crippen molar-refractivity contribution in [3.05, 3.63) is 35.4 Å². The summed E-state index contributed by atoms with van der Waals surface area (Å²) in [7, 11) is 0. The second-order valence-electron chi connectivity index (χ2n) is 6.59. The predicted octanol–water partition coefficient (Wildman–Crippen LogP) is 4.22. The van der Waals surface area contributed by atoms with Crippen molar-refractivity contribution in [1.82, 2.24) is 0 Å². The van der Waals surface area contributed by atoms with Crippen LogP contribution < -0.4 is 0 Å². The van der Waals surface area contributed by atoms with Crippen molar-refractivity contribution in [3.8, 4) is 0 Å². The van der Waals surface area contributed by atoms with Crippen LogP contribution in [0, 0.1) is 5.92 Å². The summed E-state index contributed by atoms with van der Waals surface area (Å²) in [6.45, 7) is 2.30. The molecular weight excluding hydrogens is 260 g/mol. The van der Waals surface area contributed by atoms with Crippen LogP contribution in [-0.4, -0.2) is 23.4 Å². The summed E-state index contributed by atoms with van der Waals surface area (Å²) in [5, 5.41) is 18.5. The Morgan fingerprint density at radius 3 is 2.14 bits per heavy atom. The van der Waals surface area contributed by atoms with Crippen LogP contribution in [-0.2, 0) is 0 Å². The molecule has 118 valence electrons. The van der Waals surface area contributed by atoms with Crippen LogP contribution in [0.5, 0.6) is 0 Å². The molecule has 2 N–H and O–H groups in total. The topological polar surface area (TPSA) is 40.5 Å². The Labute approximate surface area is 129 Å². The summed E-state index contributed by atoms with van der Waals surface area (Å²) < 4.78 is 0. The van der Waals surface area contributed by atoms with Crippen molar-refractivity contribution in [2.75, 3.05) is 13.2 Å². The lowest BCUT2D eigenvalue weighted by atomic mass is 9.77. The van der Waals surface area contributed by atoms with E-state index in [1.807, 2.05) is 0 Å². The van der Waals surface area contributed by atoms with Gasteiger partial charge in [0.1, 0.15) is 0 Å². The van der Waals surface area contributed by atoms with Gasteiger partial charge < -0.3 is 10.2 Å². The molecule has 2 nitrogen and oxygen atoms in total. The molecule has 0 spiro atoms. The zero-order chi connectivity index (χ0) is 15.1. The van der Waals surface area contributed by atoms with Gasteiger partial charge in [-0.1, -0.05) is 50.5 Å². The predicted molar refractivity (Wildman–Crippen MR) is 87.6 cm³/mol. The van der Waals surface area contributed by atoms with Crippen LogP contribution in [0.15, 0.2) is 24.3 Å². The van der Waals surface area contributed by atoms with E-state index in [0.29, 0.717) is 5.92 Å². The fraction of sp³-hybridized carbons (Fsp3) is 0.684. The Hall–Kier alpha value is -0.860. The van der Waals surface area contributed by atoms with Gasteiger partial charge in [0.05, 0.1) is 13.2 Å². The molecule has 0 aromatic heterocycles. The molecule has 2 rings (SSSR count). The van der Waals surface area contributed by atoms with Gasteiger partial charge in [-0.15, -0.1) is 0 Å². The van der Waals surface area contributed by atoms with Crippen molar-refractivity contribution in [2.24, 2.45) is 5.92 Å². The van der Waals surface area contributed by atoms with Gasteiger partial charge in [0, 0.05) is 5.92 Å². The van der Waals surface area contributed by atoms with Gasteiger partial charge in [0.15, 0.2) is 0 Å². The van der Waals surface area contributed by atoms with Gasteiger partial charge in [0.2, 0.25) is 0 Å². The molecule has 1 saturated carbocycles. The van der Waals surface area contributed by atoms with Crippen molar-refractivity contribution in [1.29, 1.82) is 0 Å². The van der Waals surface area contributed by atoms with Crippen molar-refractivity contribution in [2.45, 2.75) is 63.7 Å². The third-order valence-electron chi connectivity index (χ3n) is 5.13. The van der Waals surface area contributed by atoms with E-state index in [9.17, 15) is 10.2 Å². The first-order valence-electron chi connectivity index (χ1n) is 8.60. The van der Waals surface area contributed by atoms with E-state index in [2.05, 4.69) is 31.2 Å². The maximum Gasteiger partial charge on any atom is 0.0521 e. The lowest BCUT2D eigenvalue weighted by Gasteiger charge is -2.29. The third kappa shape index (κ3) is 4.55. The highest BCUT2D eigenvalue weighted by atomic mass is 16.3. The standard InChI is InChI=1S/C19H30O2/c1-2-3-4-15-5-7-16(8-6-15)17-9-11-18(12-10-17)19(13-20)14-21/h9-12,15-16,19-21H,2-8,13-14H2,1H3. The molecule has 0 heterocycles. The molecule has 21 heavy (non-hydrogen) atoms. The molecule has 2 heteroatoms. The van der Waals surface area contributed by atoms with Crippen LogP contribution in [0.4, 0.5) is 0 Å². The summed E-state index contributed by atoms with van der Waals surface area (Å²) in [5.41, 5.74) is 2.47. The van der Waals surface area contributed by atoms with E-state index in [1.165, 1.54) is 50.5 Å². The lowest BCUT2D eigenvalue weighted by molar-refractivity contribution is 0.192. The van der Waals surface area contributed by atoms with Gasteiger partial charge in [0.25, 0.3) is 0 Å². The zero-order valence-electron chi connectivity index (χ0n) is 13.3. The first-order chi connectivity index (χ1) is 10.3. The number of aliphatic hydroxyl groups excluding tert-OH is 2. The Balaban J connectivity index is 1.89. The van der Waals surface area contributed by atoms with E-state index in [-0.39, 0.29) is 19.1 Å². The van der Waals surface area contributed by atoms with Crippen LogP contribution in [0.25, 0.3) is 0 Å². The summed E-state index contributed by atoms with van der Waals surface area (Å²) in [5.74, 6) is 1.52. The maximum atomic E-state index is 9.24. The SMILES string of the molecule is CCCCC1CCC(c2ccc(C(CO)CO)cc2)CC1. The van der Waals surface area contributed by atoms with Crippen molar-refractivity contribution in [3.63, 3.8) is 0 Å². The largest absolute Gasteiger partial charge is 0.396 e. The second kappa shape index (κ2) is 8.55. The molecule has 0 aliphatic heterocycles. The average Bonchev–Trinajstić information content (AvgIpc) is 2.55. The third-order valence-corrected chi connectivity index (χ3v) is 5.13. The summed E-state index contributed by atoms with van der Waals surface area (Å²) in [6, 6.07) is 8.56. The monoisotopic (exact) mass is 290 g/mol. The molecule has 0 unspecified atom stereocenters. The van der Waals surface area contributed by atoms with Crippen molar-refractivity contribution >= 4 is 0 Å². The number of hydrogen-bond acceptors (Lipinski definition) is 2. The summed E-state index contributed by atoms with van der Waals surface area (Å²) in [4.78, 5) is 0. The first-order valence-corrected chi connectivity index (χ1v) is 8.60.